The summed E-state index contributed by atoms with van der Waals surface area (Å²) in [5, 5.41) is 22.7. The molecule has 3 heterocycles. The normalized spacial score (nSPS) is 21.8. The van der Waals surface area contributed by atoms with E-state index < -0.39 is 38.2 Å². The number of aliphatic hydroxyl groups is 2. The van der Waals surface area contributed by atoms with Crippen molar-refractivity contribution in [2.24, 2.45) is 0 Å². The number of nitrogens with zero attached hydrogens (tertiary/aromatic N) is 1. The molecule has 3 aliphatic rings. The number of piperidine rings is 1. The summed E-state index contributed by atoms with van der Waals surface area (Å²) >= 11 is 0. The fourth-order valence-corrected chi connectivity index (χ4v) is 8.15. The third-order valence-electron chi connectivity index (χ3n) is 7.98. The average molecular weight is 611 g/mol. The van der Waals surface area contributed by atoms with E-state index in [1.807, 2.05) is 6.07 Å². The number of benzene rings is 2. The van der Waals surface area contributed by atoms with Gasteiger partial charge in [-0.15, -0.1) is 0 Å². The van der Waals surface area contributed by atoms with Gasteiger partial charge in [0.1, 0.15) is 24.2 Å². The average Bonchev–Trinajstić information content (AvgIpc) is 3.37. The van der Waals surface area contributed by atoms with Gasteiger partial charge < -0.3 is 29.7 Å². The van der Waals surface area contributed by atoms with Crippen molar-refractivity contribution in [2.75, 3.05) is 51.8 Å². The minimum Gasteiger partial charge on any atom is -0.493 e. The highest BCUT2D eigenvalue weighted by atomic mass is 32.2. The highest BCUT2D eigenvalue weighted by Crippen LogP contribution is 2.38. The maximum Gasteiger partial charge on any atom is 0.243 e. The van der Waals surface area contributed by atoms with Gasteiger partial charge in [0.15, 0.2) is 9.84 Å². The zero-order valence-corrected chi connectivity index (χ0v) is 24.5. The molecule has 2 aromatic carbocycles. The Balaban J connectivity index is 1.08. The third-order valence-corrected chi connectivity index (χ3v) is 11.6. The Morgan fingerprint density at radius 1 is 1.10 bits per heavy atom. The number of nitrogens with one attached hydrogen (secondary N) is 1. The largest absolute Gasteiger partial charge is 0.493 e. The minimum atomic E-state index is -3.63. The molecule has 5 rings (SSSR count). The van der Waals surface area contributed by atoms with Gasteiger partial charge in [-0.2, -0.15) is 4.31 Å². The van der Waals surface area contributed by atoms with E-state index in [0.717, 1.165) is 18.4 Å². The van der Waals surface area contributed by atoms with Crippen LogP contribution >= 0.6 is 0 Å². The Bertz CT molecular complexity index is 1420. The van der Waals surface area contributed by atoms with Crippen LogP contribution in [0.5, 0.6) is 11.5 Å². The molecule has 2 saturated heterocycles. The molecule has 0 saturated carbocycles. The van der Waals surface area contributed by atoms with Crippen LogP contribution in [0.25, 0.3) is 0 Å². The van der Waals surface area contributed by atoms with E-state index in [1.54, 1.807) is 24.3 Å². The summed E-state index contributed by atoms with van der Waals surface area (Å²) in [5.41, 5.74) is 0.645. The fourth-order valence-electron chi connectivity index (χ4n) is 5.64. The first-order chi connectivity index (χ1) is 19.6. The highest BCUT2D eigenvalue weighted by Gasteiger charge is 2.44. The number of aliphatic hydroxyl groups excluding tert-OH is 2. The molecule has 2 aromatic rings. The minimum absolute atomic E-state index is 0.0116. The SMILES string of the molecule is O=S(=O)(CCO)c1cccc(OCC(O)CNC2COC3(CCN(S(=O)(=O)c4ccc5c(c4)OCCC5)CC3)C2)c1. The van der Waals surface area contributed by atoms with Crippen LogP contribution in [0.2, 0.25) is 0 Å². The zero-order valence-electron chi connectivity index (χ0n) is 22.9. The van der Waals surface area contributed by atoms with E-state index in [4.69, 9.17) is 19.3 Å². The monoisotopic (exact) mass is 610 g/mol. The van der Waals surface area contributed by atoms with Crippen molar-refractivity contribution in [3.05, 3.63) is 48.0 Å². The molecule has 2 unspecified atom stereocenters. The van der Waals surface area contributed by atoms with Gasteiger partial charge in [0.05, 0.1) is 41.0 Å². The summed E-state index contributed by atoms with van der Waals surface area (Å²) in [6.07, 6.45) is 2.89. The number of hydrogen-bond acceptors (Lipinski definition) is 10. The maximum absolute atomic E-state index is 13.3. The van der Waals surface area contributed by atoms with E-state index in [9.17, 15) is 21.9 Å². The van der Waals surface area contributed by atoms with Crippen LogP contribution in [0.3, 0.4) is 0 Å². The lowest BCUT2D eigenvalue weighted by Crippen LogP contribution is -2.47. The number of ether oxygens (including phenoxy) is 3. The Morgan fingerprint density at radius 2 is 1.90 bits per heavy atom. The molecule has 2 atom stereocenters. The van der Waals surface area contributed by atoms with Crippen molar-refractivity contribution in [1.82, 2.24) is 9.62 Å². The lowest BCUT2D eigenvalue weighted by molar-refractivity contribution is -0.0312. The van der Waals surface area contributed by atoms with Gasteiger partial charge in [-0.1, -0.05) is 12.1 Å². The second-order valence-corrected chi connectivity index (χ2v) is 15.0. The maximum atomic E-state index is 13.3. The van der Waals surface area contributed by atoms with Crippen molar-refractivity contribution in [3.63, 3.8) is 0 Å². The Kier molecular flexibility index (Phi) is 9.24. The predicted molar refractivity (Wildman–Crippen MR) is 150 cm³/mol. The quantitative estimate of drug-likeness (QED) is 0.338. The number of sulfone groups is 1. The lowest BCUT2D eigenvalue weighted by atomic mass is 9.88. The molecular weight excluding hydrogens is 572 g/mol. The third kappa shape index (κ3) is 7.04. The van der Waals surface area contributed by atoms with E-state index in [-0.39, 0.29) is 34.7 Å². The topological polar surface area (TPSA) is 152 Å². The molecule has 226 valence electrons. The zero-order chi connectivity index (χ0) is 29.1. The molecular formula is C28H38N2O9S2. The summed E-state index contributed by atoms with van der Waals surface area (Å²) in [7, 11) is -7.23. The summed E-state index contributed by atoms with van der Waals surface area (Å²) in [6, 6.07) is 11.2. The first kappa shape index (κ1) is 30.2. The fraction of sp³-hybridized carbons (Fsp3) is 0.571. The standard InChI is InChI=1S/C28H38N2O9S2/c31-12-14-40(33,34)25-5-1-4-24(15-25)38-20-23(32)18-29-22-17-28(39-19-22)8-10-30(11-9-28)41(35,36)26-7-6-21-3-2-13-37-27(21)16-26/h1,4-7,15-16,22-23,29,31-32H,2-3,8-14,17-20H2. The predicted octanol–water partition coefficient (Wildman–Crippen LogP) is 1.12. The van der Waals surface area contributed by atoms with Crippen molar-refractivity contribution >= 4 is 19.9 Å². The first-order valence-corrected chi connectivity index (χ1v) is 17.1. The molecule has 3 N–H and O–H groups in total. The second-order valence-electron chi connectivity index (χ2n) is 10.9. The number of fused-ring (bicyclic) bond motifs is 1. The molecule has 0 aromatic heterocycles. The molecule has 11 nitrogen and oxygen atoms in total. The molecule has 0 bridgehead atoms. The molecule has 0 radical (unpaired) electrons. The number of aryl methyl sites for hydroxylation is 1. The van der Waals surface area contributed by atoms with Crippen LogP contribution in [-0.4, -0.2) is 101 Å². The molecule has 41 heavy (non-hydrogen) atoms. The van der Waals surface area contributed by atoms with Crippen LogP contribution in [0, 0.1) is 0 Å². The summed E-state index contributed by atoms with van der Waals surface area (Å²) in [6.45, 7) is 1.57. The van der Waals surface area contributed by atoms with Gasteiger partial charge in [0.25, 0.3) is 0 Å². The van der Waals surface area contributed by atoms with Gasteiger partial charge in [0.2, 0.25) is 10.0 Å². The van der Waals surface area contributed by atoms with Crippen molar-refractivity contribution in [3.8, 4) is 11.5 Å². The first-order valence-electron chi connectivity index (χ1n) is 14.0. The number of hydrogen-bond donors (Lipinski definition) is 3. The van der Waals surface area contributed by atoms with Gasteiger partial charge >= 0.3 is 0 Å². The van der Waals surface area contributed by atoms with Crippen molar-refractivity contribution < 1.29 is 41.3 Å². The Hall–Kier alpha value is -2.26. The highest BCUT2D eigenvalue weighted by molar-refractivity contribution is 7.91. The molecule has 1 spiro atoms. The van der Waals surface area contributed by atoms with Gasteiger partial charge in [-0.25, -0.2) is 16.8 Å². The smallest absolute Gasteiger partial charge is 0.243 e. The van der Waals surface area contributed by atoms with Gasteiger partial charge in [0, 0.05) is 31.7 Å². The number of sulfonamides is 1. The van der Waals surface area contributed by atoms with Crippen molar-refractivity contribution in [2.45, 2.75) is 59.6 Å². The van der Waals surface area contributed by atoms with Crippen LogP contribution in [-0.2, 0) is 31.0 Å². The van der Waals surface area contributed by atoms with Crippen LogP contribution in [0.1, 0.15) is 31.2 Å². The van der Waals surface area contributed by atoms with Crippen molar-refractivity contribution in [1.29, 1.82) is 0 Å². The Labute approximate surface area is 241 Å². The molecule has 13 heteroatoms. The van der Waals surface area contributed by atoms with E-state index in [1.165, 1.54) is 16.4 Å². The lowest BCUT2D eigenvalue weighted by Gasteiger charge is -2.38. The summed E-state index contributed by atoms with van der Waals surface area (Å²) in [4.78, 5) is 0.316. The van der Waals surface area contributed by atoms with E-state index in [0.29, 0.717) is 57.1 Å². The van der Waals surface area contributed by atoms with Crippen LogP contribution in [0.15, 0.2) is 52.3 Å². The van der Waals surface area contributed by atoms with E-state index in [2.05, 4.69) is 5.32 Å². The number of rotatable bonds is 11. The van der Waals surface area contributed by atoms with Gasteiger partial charge in [-0.3, -0.25) is 0 Å². The Morgan fingerprint density at radius 3 is 2.68 bits per heavy atom. The van der Waals surface area contributed by atoms with E-state index >= 15 is 0 Å². The molecule has 0 amide bonds. The molecule has 2 fully saturated rings. The molecule has 0 aliphatic carbocycles. The van der Waals surface area contributed by atoms with Crippen LogP contribution in [0.4, 0.5) is 0 Å². The molecule has 3 aliphatic heterocycles. The van der Waals surface area contributed by atoms with Gasteiger partial charge in [-0.05, 0) is 61.9 Å². The summed E-state index contributed by atoms with van der Waals surface area (Å²) < 4.78 is 69.9. The second kappa shape index (κ2) is 12.5. The van der Waals surface area contributed by atoms with Crippen LogP contribution < -0.4 is 14.8 Å². The summed E-state index contributed by atoms with van der Waals surface area (Å²) in [5.74, 6) is 0.605.